The van der Waals surface area contributed by atoms with Gasteiger partial charge in [0.1, 0.15) is 5.82 Å². The van der Waals surface area contributed by atoms with Crippen molar-refractivity contribution < 1.29 is 4.39 Å². The summed E-state index contributed by atoms with van der Waals surface area (Å²) < 4.78 is 13.8. The van der Waals surface area contributed by atoms with Crippen LogP contribution in [0.4, 0.5) is 15.9 Å². The number of hydrogen-bond donors (Lipinski definition) is 1. The summed E-state index contributed by atoms with van der Waals surface area (Å²) in [6, 6.07) is 8.40. The van der Waals surface area contributed by atoms with Crippen molar-refractivity contribution in [1.29, 1.82) is 0 Å². The summed E-state index contributed by atoms with van der Waals surface area (Å²) >= 11 is 6.25. The smallest absolute Gasteiger partial charge is 0.151 e. The highest BCUT2D eigenvalue weighted by molar-refractivity contribution is 6.33. The summed E-state index contributed by atoms with van der Waals surface area (Å²) in [5, 5.41) is 3.71. The lowest BCUT2D eigenvalue weighted by Gasteiger charge is -2.20. The number of nitrogens with zero attached hydrogens (tertiary/aromatic N) is 2. The summed E-state index contributed by atoms with van der Waals surface area (Å²) in [6.07, 6.45) is 1.75. The fourth-order valence-electron chi connectivity index (χ4n) is 1.92. The van der Waals surface area contributed by atoms with E-state index in [1.807, 2.05) is 13.0 Å². The molecule has 106 valence electrons. The van der Waals surface area contributed by atoms with Gasteiger partial charge in [0.05, 0.1) is 10.7 Å². The molecule has 1 aromatic carbocycles. The third kappa shape index (κ3) is 3.26. The molecule has 20 heavy (non-hydrogen) atoms. The highest BCUT2D eigenvalue weighted by Gasteiger charge is 2.13. The average molecular weight is 294 g/mol. The van der Waals surface area contributed by atoms with Gasteiger partial charge in [-0.3, -0.25) is 0 Å². The molecule has 2 aromatic rings. The van der Waals surface area contributed by atoms with Crippen LogP contribution in [-0.4, -0.2) is 18.6 Å². The Bertz CT molecular complexity index is 589. The second-order valence-corrected chi connectivity index (χ2v) is 4.85. The topological polar surface area (TPSA) is 28.2 Å². The molecule has 0 saturated heterocycles. The fourth-order valence-corrected chi connectivity index (χ4v) is 2.24. The Morgan fingerprint density at radius 1 is 1.35 bits per heavy atom. The van der Waals surface area contributed by atoms with Gasteiger partial charge in [-0.1, -0.05) is 30.7 Å². The van der Waals surface area contributed by atoms with Gasteiger partial charge in [0.2, 0.25) is 0 Å². The van der Waals surface area contributed by atoms with Crippen molar-refractivity contribution in [3.8, 4) is 0 Å². The van der Waals surface area contributed by atoms with Crippen molar-refractivity contribution in [3.63, 3.8) is 0 Å². The molecule has 0 spiro atoms. The molecule has 0 amide bonds. The van der Waals surface area contributed by atoms with Crippen LogP contribution in [0, 0.1) is 5.82 Å². The number of benzene rings is 1. The van der Waals surface area contributed by atoms with Gasteiger partial charge < -0.3 is 10.2 Å². The lowest BCUT2D eigenvalue weighted by atomic mass is 10.2. The van der Waals surface area contributed by atoms with E-state index in [0.717, 1.165) is 12.1 Å². The molecular weight excluding hydrogens is 277 g/mol. The fraction of sp³-hybridized carbons (Fsp3) is 0.267. The molecule has 1 aromatic heterocycles. The number of para-hydroxylation sites is 1. The summed E-state index contributed by atoms with van der Waals surface area (Å²) in [4.78, 5) is 5.98. The first-order valence-corrected chi connectivity index (χ1v) is 6.84. The van der Waals surface area contributed by atoms with Crippen LogP contribution < -0.4 is 10.2 Å². The minimum Gasteiger partial charge on any atom is -0.326 e. The number of rotatable bonds is 5. The van der Waals surface area contributed by atoms with Crippen LogP contribution >= 0.6 is 11.6 Å². The molecule has 0 radical (unpaired) electrons. The largest absolute Gasteiger partial charge is 0.326 e. The maximum Gasteiger partial charge on any atom is 0.151 e. The highest BCUT2D eigenvalue weighted by atomic mass is 35.5. The molecule has 1 heterocycles. The molecule has 0 fully saturated rings. The van der Waals surface area contributed by atoms with E-state index in [1.165, 1.54) is 6.07 Å². The molecule has 1 N–H and O–H groups in total. The highest BCUT2D eigenvalue weighted by Crippen LogP contribution is 2.30. The zero-order valence-electron chi connectivity index (χ0n) is 11.5. The van der Waals surface area contributed by atoms with E-state index in [1.54, 1.807) is 36.3 Å². The van der Waals surface area contributed by atoms with Crippen molar-refractivity contribution in [2.45, 2.75) is 13.5 Å². The Hall–Kier alpha value is -1.65. The van der Waals surface area contributed by atoms with Crippen LogP contribution in [0.15, 0.2) is 36.5 Å². The zero-order valence-corrected chi connectivity index (χ0v) is 12.3. The quantitative estimate of drug-likeness (QED) is 0.910. The SMILES string of the molecule is CCNCc1cnc(N(C)c2ccccc2F)c(Cl)c1. The predicted molar refractivity (Wildman–Crippen MR) is 81.1 cm³/mol. The van der Waals surface area contributed by atoms with E-state index in [4.69, 9.17) is 11.6 Å². The minimum absolute atomic E-state index is 0.301. The first kappa shape index (κ1) is 14.8. The summed E-state index contributed by atoms with van der Waals surface area (Å²) in [7, 11) is 1.75. The van der Waals surface area contributed by atoms with Crippen LogP contribution in [-0.2, 0) is 6.54 Å². The van der Waals surface area contributed by atoms with E-state index in [2.05, 4.69) is 10.3 Å². The second kappa shape index (κ2) is 6.68. The summed E-state index contributed by atoms with van der Waals surface area (Å²) in [5.41, 5.74) is 1.45. The van der Waals surface area contributed by atoms with E-state index in [-0.39, 0.29) is 5.82 Å². The van der Waals surface area contributed by atoms with Gasteiger partial charge >= 0.3 is 0 Å². The molecule has 5 heteroatoms. The Kier molecular flexibility index (Phi) is 4.93. The van der Waals surface area contributed by atoms with Crippen molar-refractivity contribution >= 4 is 23.1 Å². The Morgan fingerprint density at radius 2 is 2.10 bits per heavy atom. The summed E-state index contributed by atoms with van der Waals surface area (Å²) in [6.45, 7) is 3.64. The molecule has 0 aliphatic heterocycles. The van der Waals surface area contributed by atoms with Gasteiger partial charge in [0.15, 0.2) is 5.82 Å². The number of hydrogen-bond acceptors (Lipinski definition) is 3. The zero-order chi connectivity index (χ0) is 14.5. The molecule has 2 rings (SSSR count). The van der Waals surface area contributed by atoms with Crippen LogP contribution in [0.25, 0.3) is 0 Å². The third-order valence-electron chi connectivity index (χ3n) is 2.99. The van der Waals surface area contributed by atoms with Crippen LogP contribution in [0.1, 0.15) is 12.5 Å². The number of halogens is 2. The van der Waals surface area contributed by atoms with Crippen LogP contribution in [0.3, 0.4) is 0 Å². The molecule has 0 unspecified atom stereocenters. The minimum atomic E-state index is -0.301. The monoisotopic (exact) mass is 293 g/mol. The van der Waals surface area contributed by atoms with Crippen LogP contribution in [0.5, 0.6) is 0 Å². The molecule has 0 aliphatic carbocycles. The molecule has 0 aliphatic rings. The first-order chi connectivity index (χ1) is 9.63. The Balaban J connectivity index is 2.27. The number of aromatic nitrogens is 1. The van der Waals surface area contributed by atoms with Crippen molar-refractivity contribution in [1.82, 2.24) is 10.3 Å². The maximum atomic E-state index is 13.8. The van der Waals surface area contributed by atoms with E-state index in [0.29, 0.717) is 23.1 Å². The standard InChI is InChI=1S/C15H17ClFN3/c1-3-18-9-11-8-12(16)15(19-10-11)20(2)14-7-5-4-6-13(14)17/h4-8,10,18H,3,9H2,1-2H3. The van der Waals surface area contributed by atoms with E-state index in [9.17, 15) is 4.39 Å². The molecule has 0 saturated carbocycles. The summed E-state index contributed by atoms with van der Waals surface area (Å²) in [5.74, 6) is 0.238. The van der Waals surface area contributed by atoms with Gasteiger partial charge in [-0.15, -0.1) is 0 Å². The molecular formula is C15H17ClFN3. The van der Waals surface area contributed by atoms with Gasteiger partial charge in [-0.05, 0) is 30.3 Å². The predicted octanol–water partition coefficient (Wildman–Crippen LogP) is 3.75. The van der Waals surface area contributed by atoms with Crippen LogP contribution in [0.2, 0.25) is 5.02 Å². The number of nitrogens with one attached hydrogen (secondary N) is 1. The Morgan fingerprint density at radius 3 is 2.75 bits per heavy atom. The van der Waals surface area contributed by atoms with Gasteiger partial charge in [0, 0.05) is 19.8 Å². The molecule has 3 nitrogen and oxygen atoms in total. The maximum absolute atomic E-state index is 13.8. The van der Waals surface area contributed by atoms with Gasteiger partial charge in [-0.25, -0.2) is 9.37 Å². The lowest BCUT2D eigenvalue weighted by molar-refractivity contribution is 0.627. The van der Waals surface area contributed by atoms with Crippen molar-refractivity contribution in [3.05, 3.63) is 52.9 Å². The van der Waals surface area contributed by atoms with Crippen molar-refractivity contribution in [2.75, 3.05) is 18.5 Å². The third-order valence-corrected chi connectivity index (χ3v) is 3.27. The second-order valence-electron chi connectivity index (χ2n) is 4.44. The van der Waals surface area contributed by atoms with Crippen molar-refractivity contribution in [2.24, 2.45) is 0 Å². The van der Waals surface area contributed by atoms with E-state index < -0.39 is 0 Å². The van der Waals surface area contributed by atoms with Gasteiger partial charge in [0.25, 0.3) is 0 Å². The Labute approximate surface area is 123 Å². The average Bonchev–Trinajstić information content (AvgIpc) is 2.45. The number of pyridine rings is 1. The molecule has 0 atom stereocenters. The van der Waals surface area contributed by atoms with Gasteiger partial charge in [-0.2, -0.15) is 0 Å². The lowest BCUT2D eigenvalue weighted by Crippen LogP contribution is -2.15. The number of anilines is 2. The van der Waals surface area contributed by atoms with E-state index >= 15 is 0 Å². The molecule has 0 bridgehead atoms. The first-order valence-electron chi connectivity index (χ1n) is 6.47. The normalized spacial score (nSPS) is 10.6.